The number of ether oxygens (including phenoxy) is 3. The highest BCUT2D eigenvalue weighted by Crippen LogP contribution is 2.37. The molecule has 0 radical (unpaired) electrons. The molecule has 0 bridgehead atoms. The second-order valence-corrected chi connectivity index (χ2v) is 6.59. The number of anilines is 1. The minimum Gasteiger partial charge on any atom is -0.483 e. The summed E-state index contributed by atoms with van der Waals surface area (Å²) in [6.07, 6.45) is 1.75. The molecule has 0 spiro atoms. The third kappa shape index (κ3) is 4.16. The summed E-state index contributed by atoms with van der Waals surface area (Å²) in [5.74, 6) is 2.41. The Morgan fingerprint density at radius 2 is 2.00 bits per heavy atom. The SMILES string of the molecule is CCCc1cc2c(cc1NC(=O)COc1ccccc1-c1nc(C)no1)OCO2. The summed E-state index contributed by atoms with van der Waals surface area (Å²) >= 11 is 0. The molecule has 150 valence electrons. The zero-order chi connectivity index (χ0) is 20.2. The van der Waals surface area contributed by atoms with Gasteiger partial charge in [0.05, 0.1) is 5.56 Å². The molecule has 29 heavy (non-hydrogen) atoms. The third-order valence-corrected chi connectivity index (χ3v) is 4.40. The lowest BCUT2D eigenvalue weighted by Gasteiger charge is -2.13. The van der Waals surface area contributed by atoms with E-state index in [1.165, 1.54) is 0 Å². The second kappa shape index (κ2) is 8.22. The second-order valence-electron chi connectivity index (χ2n) is 6.59. The van der Waals surface area contributed by atoms with Crippen molar-refractivity contribution in [3.8, 4) is 28.7 Å². The quantitative estimate of drug-likeness (QED) is 0.651. The molecule has 1 amide bonds. The predicted molar refractivity (Wildman–Crippen MR) is 105 cm³/mol. The number of nitrogens with zero attached hydrogens (tertiary/aromatic N) is 2. The fraction of sp³-hybridized carbons (Fsp3) is 0.286. The number of para-hydroxylation sites is 1. The van der Waals surface area contributed by atoms with Gasteiger partial charge in [-0.1, -0.05) is 30.6 Å². The number of hydrogen-bond acceptors (Lipinski definition) is 7. The van der Waals surface area contributed by atoms with E-state index in [1.54, 1.807) is 25.1 Å². The summed E-state index contributed by atoms with van der Waals surface area (Å²) in [6.45, 7) is 3.84. The minimum atomic E-state index is -0.280. The van der Waals surface area contributed by atoms with Crippen molar-refractivity contribution in [1.82, 2.24) is 10.1 Å². The van der Waals surface area contributed by atoms with E-state index in [4.69, 9.17) is 18.7 Å². The Balaban J connectivity index is 1.47. The van der Waals surface area contributed by atoms with Crippen LogP contribution < -0.4 is 19.5 Å². The molecule has 0 fully saturated rings. The maximum absolute atomic E-state index is 12.5. The fourth-order valence-corrected chi connectivity index (χ4v) is 3.08. The van der Waals surface area contributed by atoms with E-state index in [0.717, 1.165) is 18.4 Å². The van der Waals surface area contributed by atoms with Crippen LogP contribution in [0.2, 0.25) is 0 Å². The van der Waals surface area contributed by atoms with Gasteiger partial charge in [0.25, 0.3) is 11.8 Å². The van der Waals surface area contributed by atoms with Crippen molar-refractivity contribution in [2.75, 3.05) is 18.7 Å². The maximum Gasteiger partial charge on any atom is 0.262 e. The average Bonchev–Trinajstić information content (AvgIpc) is 3.35. The van der Waals surface area contributed by atoms with Crippen molar-refractivity contribution in [2.24, 2.45) is 0 Å². The lowest BCUT2D eigenvalue weighted by Crippen LogP contribution is -2.21. The molecule has 0 saturated heterocycles. The number of benzene rings is 2. The number of nitrogens with one attached hydrogen (secondary N) is 1. The summed E-state index contributed by atoms with van der Waals surface area (Å²) < 4.78 is 21.8. The summed E-state index contributed by atoms with van der Waals surface area (Å²) in [4.78, 5) is 16.8. The molecule has 2 heterocycles. The molecule has 0 aliphatic carbocycles. The first kappa shape index (κ1) is 18.8. The van der Waals surface area contributed by atoms with Gasteiger partial charge in [-0.3, -0.25) is 4.79 Å². The van der Waals surface area contributed by atoms with Gasteiger partial charge >= 0.3 is 0 Å². The van der Waals surface area contributed by atoms with Gasteiger partial charge in [-0.2, -0.15) is 4.98 Å². The Kier molecular flexibility index (Phi) is 5.33. The van der Waals surface area contributed by atoms with E-state index in [0.29, 0.717) is 40.2 Å². The zero-order valence-electron chi connectivity index (χ0n) is 16.2. The maximum atomic E-state index is 12.5. The van der Waals surface area contributed by atoms with Crippen molar-refractivity contribution in [1.29, 1.82) is 0 Å². The molecule has 1 aromatic heterocycles. The van der Waals surface area contributed by atoms with Gasteiger partial charge in [-0.15, -0.1) is 0 Å². The zero-order valence-corrected chi connectivity index (χ0v) is 16.2. The van der Waals surface area contributed by atoms with Crippen LogP contribution in [0.3, 0.4) is 0 Å². The van der Waals surface area contributed by atoms with Gasteiger partial charge in [0.2, 0.25) is 6.79 Å². The lowest BCUT2D eigenvalue weighted by molar-refractivity contribution is -0.118. The number of fused-ring (bicyclic) bond motifs is 1. The molecule has 0 unspecified atom stereocenters. The first-order chi connectivity index (χ1) is 14.1. The van der Waals surface area contributed by atoms with Crippen LogP contribution in [0.1, 0.15) is 24.7 Å². The average molecular weight is 395 g/mol. The van der Waals surface area contributed by atoms with Crippen LogP contribution in [0.15, 0.2) is 40.9 Å². The number of carbonyl (C=O) groups excluding carboxylic acids is 1. The molecule has 3 aromatic rings. The Morgan fingerprint density at radius 1 is 1.21 bits per heavy atom. The van der Waals surface area contributed by atoms with Gasteiger partial charge in [0, 0.05) is 11.8 Å². The monoisotopic (exact) mass is 395 g/mol. The Bertz CT molecular complexity index is 1030. The van der Waals surface area contributed by atoms with Crippen LogP contribution in [0.25, 0.3) is 11.5 Å². The fourth-order valence-electron chi connectivity index (χ4n) is 3.08. The first-order valence-electron chi connectivity index (χ1n) is 9.39. The van der Waals surface area contributed by atoms with Crippen LogP contribution in [0.5, 0.6) is 17.2 Å². The lowest BCUT2D eigenvalue weighted by atomic mass is 10.1. The molecule has 1 N–H and O–H groups in total. The van der Waals surface area contributed by atoms with Gasteiger partial charge in [-0.05, 0) is 37.1 Å². The third-order valence-electron chi connectivity index (χ3n) is 4.40. The number of rotatable bonds is 7. The molecule has 8 nitrogen and oxygen atoms in total. The topological polar surface area (TPSA) is 95.7 Å². The van der Waals surface area contributed by atoms with E-state index in [1.807, 2.05) is 18.2 Å². The highest BCUT2D eigenvalue weighted by atomic mass is 16.7. The smallest absolute Gasteiger partial charge is 0.262 e. The van der Waals surface area contributed by atoms with Crippen molar-refractivity contribution < 1.29 is 23.5 Å². The summed E-state index contributed by atoms with van der Waals surface area (Å²) in [7, 11) is 0. The van der Waals surface area contributed by atoms with E-state index in [-0.39, 0.29) is 19.3 Å². The molecule has 4 rings (SSSR count). The molecule has 1 aliphatic rings. The number of amides is 1. The highest BCUT2D eigenvalue weighted by Gasteiger charge is 2.19. The molecule has 0 atom stereocenters. The van der Waals surface area contributed by atoms with Crippen molar-refractivity contribution in [3.63, 3.8) is 0 Å². The summed E-state index contributed by atoms with van der Waals surface area (Å²) in [5.41, 5.74) is 2.33. The largest absolute Gasteiger partial charge is 0.483 e. The van der Waals surface area contributed by atoms with E-state index < -0.39 is 0 Å². The van der Waals surface area contributed by atoms with Crippen molar-refractivity contribution in [2.45, 2.75) is 26.7 Å². The molecule has 1 aliphatic heterocycles. The normalized spacial score (nSPS) is 12.1. The Labute approximate surface area is 167 Å². The highest BCUT2D eigenvalue weighted by molar-refractivity contribution is 5.93. The van der Waals surface area contributed by atoms with Crippen LogP contribution >= 0.6 is 0 Å². The van der Waals surface area contributed by atoms with E-state index >= 15 is 0 Å². The molecular weight excluding hydrogens is 374 g/mol. The van der Waals surface area contributed by atoms with Crippen LogP contribution in [0, 0.1) is 6.92 Å². The number of aryl methyl sites for hydroxylation is 2. The minimum absolute atomic E-state index is 0.163. The number of hydrogen-bond donors (Lipinski definition) is 1. The Hall–Kier alpha value is -3.55. The van der Waals surface area contributed by atoms with Gasteiger partial charge < -0.3 is 24.1 Å². The van der Waals surface area contributed by atoms with Crippen LogP contribution in [0.4, 0.5) is 5.69 Å². The van der Waals surface area contributed by atoms with Gasteiger partial charge in [0.1, 0.15) is 5.75 Å². The van der Waals surface area contributed by atoms with Crippen molar-refractivity contribution >= 4 is 11.6 Å². The summed E-state index contributed by atoms with van der Waals surface area (Å²) in [5, 5.41) is 6.71. The van der Waals surface area contributed by atoms with E-state index in [9.17, 15) is 4.79 Å². The predicted octanol–water partition coefficient (Wildman–Crippen LogP) is 3.74. The molecule has 8 heteroatoms. The molecular formula is C21H21N3O5. The van der Waals surface area contributed by atoms with Crippen LogP contribution in [-0.4, -0.2) is 29.4 Å². The summed E-state index contributed by atoms with van der Waals surface area (Å²) in [6, 6.07) is 10.9. The van der Waals surface area contributed by atoms with Gasteiger partial charge in [-0.25, -0.2) is 0 Å². The van der Waals surface area contributed by atoms with Gasteiger partial charge in [0.15, 0.2) is 23.9 Å². The molecule has 0 saturated carbocycles. The Morgan fingerprint density at radius 3 is 2.76 bits per heavy atom. The number of carbonyl (C=O) groups is 1. The van der Waals surface area contributed by atoms with Crippen molar-refractivity contribution in [3.05, 3.63) is 47.8 Å². The standard InChI is InChI=1S/C21H21N3O5/c1-3-6-14-9-18-19(28-12-27-18)10-16(14)23-20(25)11-26-17-8-5-4-7-15(17)21-22-13(2)24-29-21/h4-5,7-10H,3,6,11-12H2,1-2H3,(H,23,25). The van der Waals surface area contributed by atoms with Crippen LogP contribution in [-0.2, 0) is 11.2 Å². The number of aromatic nitrogens is 2. The molecule has 2 aromatic carbocycles. The van der Waals surface area contributed by atoms with E-state index in [2.05, 4.69) is 22.4 Å². The first-order valence-corrected chi connectivity index (χ1v) is 9.39.